The number of piperidine rings is 1. The molecule has 0 radical (unpaired) electrons. The zero-order valence-electron chi connectivity index (χ0n) is 16.7. The van der Waals surface area contributed by atoms with Crippen LogP contribution in [0.1, 0.15) is 59.9 Å². The number of aromatic amines is 1. The third-order valence-corrected chi connectivity index (χ3v) is 6.57. The maximum Gasteiger partial charge on any atom is 0.140 e. The molecule has 2 fully saturated rings. The van der Waals surface area contributed by atoms with E-state index in [4.69, 9.17) is 9.26 Å². The maximum atomic E-state index is 5.62. The molecule has 7 nitrogen and oxygen atoms in total. The number of fused-ring (bicyclic) bond motifs is 1. The minimum atomic E-state index is 0.523. The number of aryl methyl sites for hydroxylation is 1. The molecule has 0 saturated carbocycles. The second kappa shape index (κ2) is 8.35. The van der Waals surface area contributed by atoms with E-state index in [2.05, 4.69) is 25.2 Å². The first-order valence-corrected chi connectivity index (χ1v) is 10.9. The minimum absolute atomic E-state index is 0.523. The third kappa shape index (κ3) is 3.88. The second-order valence-electron chi connectivity index (χ2n) is 8.51. The zero-order valence-corrected chi connectivity index (χ0v) is 16.7. The predicted molar refractivity (Wildman–Crippen MR) is 105 cm³/mol. The topological polar surface area (TPSA) is 70.4 Å². The lowest BCUT2D eigenvalue weighted by atomic mass is 9.91. The van der Waals surface area contributed by atoms with E-state index in [0.717, 1.165) is 71.1 Å². The molecule has 0 bridgehead atoms. The fourth-order valence-electron chi connectivity index (χ4n) is 5.02. The van der Waals surface area contributed by atoms with Crippen molar-refractivity contribution in [1.29, 1.82) is 0 Å². The van der Waals surface area contributed by atoms with E-state index in [1.165, 1.54) is 48.2 Å². The highest BCUT2D eigenvalue weighted by molar-refractivity contribution is 5.26. The average Bonchev–Trinajstić information content (AvgIpc) is 3.36. The normalized spacial score (nSPS) is 24.4. The van der Waals surface area contributed by atoms with Gasteiger partial charge in [-0.1, -0.05) is 5.16 Å². The molecule has 28 heavy (non-hydrogen) atoms. The Labute approximate surface area is 166 Å². The van der Waals surface area contributed by atoms with Crippen LogP contribution in [0, 0.1) is 0 Å². The molecule has 0 spiro atoms. The summed E-state index contributed by atoms with van der Waals surface area (Å²) in [5.74, 6) is 1.66. The molecule has 1 N–H and O–H groups in total. The van der Waals surface area contributed by atoms with Crippen LogP contribution in [0.15, 0.2) is 10.7 Å². The molecule has 152 valence electrons. The van der Waals surface area contributed by atoms with Gasteiger partial charge < -0.3 is 9.26 Å². The zero-order chi connectivity index (χ0) is 18.8. The Morgan fingerprint density at radius 2 is 1.93 bits per heavy atom. The molecule has 0 amide bonds. The first kappa shape index (κ1) is 18.3. The molecule has 0 aromatic carbocycles. The molecule has 1 atom stereocenters. The molecular weight excluding hydrogens is 354 g/mol. The van der Waals surface area contributed by atoms with Crippen molar-refractivity contribution < 1.29 is 9.26 Å². The van der Waals surface area contributed by atoms with Crippen molar-refractivity contribution in [2.45, 2.75) is 57.5 Å². The minimum Gasteiger partial charge on any atom is -0.379 e. The van der Waals surface area contributed by atoms with E-state index < -0.39 is 0 Å². The largest absolute Gasteiger partial charge is 0.379 e. The summed E-state index contributed by atoms with van der Waals surface area (Å²) in [6, 6.07) is 0. The van der Waals surface area contributed by atoms with Gasteiger partial charge in [-0.25, -0.2) is 0 Å². The number of morpholine rings is 1. The van der Waals surface area contributed by atoms with Crippen LogP contribution in [0.4, 0.5) is 0 Å². The van der Waals surface area contributed by atoms with Gasteiger partial charge in [-0.3, -0.25) is 14.9 Å². The van der Waals surface area contributed by atoms with E-state index in [-0.39, 0.29) is 0 Å². The number of aromatic nitrogens is 3. The van der Waals surface area contributed by atoms with E-state index in [9.17, 15) is 0 Å². The van der Waals surface area contributed by atoms with E-state index >= 15 is 0 Å². The first-order valence-electron chi connectivity index (χ1n) is 10.9. The Morgan fingerprint density at radius 3 is 2.86 bits per heavy atom. The summed E-state index contributed by atoms with van der Waals surface area (Å²) < 4.78 is 11.1. The van der Waals surface area contributed by atoms with E-state index in [0.29, 0.717) is 5.92 Å². The van der Waals surface area contributed by atoms with Gasteiger partial charge in [-0.05, 0) is 38.6 Å². The van der Waals surface area contributed by atoms with Crippen LogP contribution in [0.2, 0.25) is 0 Å². The van der Waals surface area contributed by atoms with Crippen molar-refractivity contribution in [3.8, 4) is 0 Å². The van der Waals surface area contributed by atoms with Crippen molar-refractivity contribution in [1.82, 2.24) is 25.2 Å². The van der Waals surface area contributed by atoms with Gasteiger partial charge in [-0.2, -0.15) is 5.10 Å². The van der Waals surface area contributed by atoms with Gasteiger partial charge in [0, 0.05) is 61.9 Å². The van der Waals surface area contributed by atoms with Crippen molar-refractivity contribution in [2.24, 2.45) is 0 Å². The van der Waals surface area contributed by atoms with Crippen molar-refractivity contribution >= 4 is 0 Å². The molecular formula is C21H31N5O2. The highest BCUT2D eigenvalue weighted by atomic mass is 16.5. The van der Waals surface area contributed by atoms with Crippen molar-refractivity contribution in [3.63, 3.8) is 0 Å². The Balaban J connectivity index is 1.25. The average molecular weight is 386 g/mol. The van der Waals surface area contributed by atoms with Gasteiger partial charge in [0.2, 0.25) is 0 Å². The number of hydrogen-bond acceptors (Lipinski definition) is 6. The van der Waals surface area contributed by atoms with E-state index in [1.807, 2.05) is 6.20 Å². The monoisotopic (exact) mass is 385 g/mol. The number of nitrogens with one attached hydrogen (secondary N) is 1. The summed E-state index contributed by atoms with van der Waals surface area (Å²) in [6.07, 6.45) is 9.17. The standard InChI is InChI=1S/C21H31N5O2/c1-2-6-20-18(5-1)19(24-28-20)15-26-7-3-4-16(13-26)21-17(12-22-23-21)14-25-8-10-27-11-9-25/h12,16H,1-11,13-15H2,(H,22,23). The molecule has 1 unspecified atom stereocenters. The Morgan fingerprint density at radius 1 is 1.04 bits per heavy atom. The Kier molecular flexibility index (Phi) is 5.47. The molecule has 2 aromatic rings. The molecule has 2 aromatic heterocycles. The van der Waals surface area contributed by atoms with Gasteiger partial charge >= 0.3 is 0 Å². The van der Waals surface area contributed by atoms with Gasteiger partial charge in [0.15, 0.2) is 0 Å². The quantitative estimate of drug-likeness (QED) is 0.853. The van der Waals surface area contributed by atoms with Crippen LogP contribution in [-0.4, -0.2) is 64.5 Å². The number of H-pyrrole nitrogens is 1. The fourth-order valence-corrected chi connectivity index (χ4v) is 5.02. The highest BCUT2D eigenvalue weighted by Crippen LogP contribution is 2.31. The summed E-state index contributed by atoms with van der Waals surface area (Å²) >= 11 is 0. The molecule has 2 saturated heterocycles. The predicted octanol–water partition coefficient (Wildman–Crippen LogP) is 2.49. The summed E-state index contributed by atoms with van der Waals surface area (Å²) in [6.45, 7) is 7.81. The van der Waals surface area contributed by atoms with Crippen LogP contribution in [-0.2, 0) is 30.7 Å². The van der Waals surface area contributed by atoms with E-state index in [1.54, 1.807) is 0 Å². The van der Waals surface area contributed by atoms with Gasteiger partial charge in [0.25, 0.3) is 0 Å². The maximum absolute atomic E-state index is 5.62. The smallest absolute Gasteiger partial charge is 0.140 e. The van der Waals surface area contributed by atoms with Crippen LogP contribution in [0.25, 0.3) is 0 Å². The van der Waals surface area contributed by atoms with Crippen molar-refractivity contribution in [2.75, 3.05) is 39.4 Å². The summed E-state index contributed by atoms with van der Waals surface area (Å²) in [5.41, 5.74) is 5.25. The Hall–Kier alpha value is -1.70. The number of ether oxygens (including phenoxy) is 1. The van der Waals surface area contributed by atoms with Crippen LogP contribution in [0.5, 0.6) is 0 Å². The molecule has 1 aliphatic carbocycles. The lowest BCUT2D eigenvalue weighted by Gasteiger charge is -2.33. The molecule has 2 aliphatic heterocycles. The number of likely N-dealkylation sites (tertiary alicyclic amines) is 1. The lowest BCUT2D eigenvalue weighted by molar-refractivity contribution is 0.0339. The number of hydrogen-bond donors (Lipinski definition) is 1. The van der Waals surface area contributed by atoms with Crippen LogP contribution < -0.4 is 0 Å². The Bertz CT molecular complexity index is 780. The second-order valence-corrected chi connectivity index (χ2v) is 8.51. The SMILES string of the molecule is c1n[nH]c(C2CCCN(Cc3noc4c3CCCC4)C2)c1CN1CCOCC1. The summed E-state index contributed by atoms with van der Waals surface area (Å²) in [4.78, 5) is 5.03. The highest BCUT2D eigenvalue weighted by Gasteiger charge is 2.28. The lowest BCUT2D eigenvalue weighted by Crippen LogP contribution is -2.37. The molecule has 5 rings (SSSR count). The number of rotatable bonds is 5. The molecule has 3 aliphatic rings. The fraction of sp³-hybridized carbons (Fsp3) is 0.714. The van der Waals surface area contributed by atoms with Crippen LogP contribution >= 0.6 is 0 Å². The van der Waals surface area contributed by atoms with Gasteiger partial charge in [0.1, 0.15) is 11.5 Å². The third-order valence-electron chi connectivity index (χ3n) is 6.57. The van der Waals surface area contributed by atoms with Gasteiger partial charge in [0.05, 0.1) is 19.4 Å². The van der Waals surface area contributed by atoms with Gasteiger partial charge in [-0.15, -0.1) is 0 Å². The molecule has 7 heteroatoms. The van der Waals surface area contributed by atoms with Crippen LogP contribution in [0.3, 0.4) is 0 Å². The number of nitrogens with zero attached hydrogens (tertiary/aromatic N) is 4. The first-order chi connectivity index (χ1) is 13.9. The molecule has 4 heterocycles. The summed E-state index contributed by atoms with van der Waals surface area (Å²) in [5, 5.41) is 12.1. The van der Waals surface area contributed by atoms with Crippen molar-refractivity contribution in [3.05, 3.63) is 34.5 Å². The summed E-state index contributed by atoms with van der Waals surface area (Å²) in [7, 11) is 0.